The van der Waals surface area contributed by atoms with Crippen LogP contribution in [0.25, 0.3) is 0 Å². The number of carbonyl (C=O) groups is 2. The van der Waals surface area contributed by atoms with Crippen molar-refractivity contribution < 1.29 is 14.5 Å². The van der Waals surface area contributed by atoms with Crippen LogP contribution in [0.2, 0.25) is 5.15 Å². The van der Waals surface area contributed by atoms with Crippen LogP contribution in [-0.2, 0) is 9.59 Å². The van der Waals surface area contributed by atoms with Crippen LogP contribution in [-0.4, -0.2) is 39.3 Å². The Balaban J connectivity index is 2.53. The van der Waals surface area contributed by atoms with E-state index in [2.05, 4.69) is 15.3 Å². The third-order valence-corrected chi connectivity index (χ3v) is 3.13. The number of halogens is 1. The fraction of sp³-hybridized carbons (Fsp3) is 0.400. The highest BCUT2D eigenvalue weighted by atomic mass is 35.5. The molecule has 0 radical (unpaired) electrons. The Hall–Kier alpha value is -2.29. The first kappa shape index (κ1) is 14.1. The molecule has 1 atom stereocenters. The van der Waals surface area contributed by atoms with Gasteiger partial charge < -0.3 is 4.90 Å². The summed E-state index contributed by atoms with van der Waals surface area (Å²) in [6.07, 6.45) is 1.41. The normalized spacial score (nSPS) is 18.9. The summed E-state index contributed by atoms with van der Waals surface area (Å²) in [5, 5.41) is 12.9. The Bertz CT molecular complexity index is 593. The van der Waals surface area contributed by atoms with Gasteiger partial charge in [0.2, 0.25) is 22.8 Å². The lowest BCUT2D eigenvalue weighted by Gasteiger charge is -2.33. The Kier molecular flexibility index (Phi) is 3.79. The highest BCUT2D eigenvalue weighted by Gasteiger charge is 2.37. The first-order chi connectivity index (χ1) is 9.45. The lowest BCUT2D eigenvalue weighted by Crippen LogP contribution is -2.58. The fourth-order valence-electron chi connectivity index (χ4n) is 2.01. The SMILES string of the molecule is CCC1C(=O)NC(=O)CN1c1ncnc(Cl)c1[N+](=O)[O-]. The molecule has 0 spiro atoms. The van der Waals surface area contributed by atoms with Gasteiger partial charge in [0, 0.05) is 0 Å². The van der Waals surface area contributed by atoms with Gasteiger partial charge in [-0.05, 0) is 6.42 Å². The minimum absolute atomic E-state index is 0.134. The molecule has 1 aliphatic rings. The quantitative estimate of drug-likeness (QED) is 0.368. The van der Waals surface area contributed by atoms with Crippen LogP contribution in [0.15, 0.2) is 6.33 Å². The van der Waals surface area contributed by atoms with Crippen molar-refractivity contribution in [1.29, 1.82) is 0 Å². The Morgan fingerprint density at radius 1 is 1.55 bits per heavy atom. The van der Waals surface area contributed by atoms with E-state index >= 15 is 0 Å². The summed E-state index contributed by atoms with van der Waals surface area (Å²) in [6, 6.07) is -0.725. The van der Waals surface area contributed by atoms with Crippen LogP contribution in [0.1, 0.15) is 13.3 Å². The number of anilines is 1. The zero-order valence-corrected chi connectivity index (χ0v) is 11.1. The summed E-state index contributed by atoms with van der Waals surface area (Å²) in [6.45, 7) is 1.51. The second-order valence-electron chi connectivity index (χ2n) is 4.06. The van der Waals surface area contributed by atoms with Crippen LogP contribution in [0.5, 0.6) is 0 Å². The lowest BCUT2D eigenvalue weighted by atomic mass is 10.1. The van der Waals surface area contributed by atoms with Crippen LogP contribution >= 0.6 is 11.6 Å². The summed E-state index contributed by atoms with van der Waals surface area (Å²) in [5.74, 6) is -1.21. The topological polar surface area (TPSA) is 118 Å². The van der Waals surface area contributed by atoms with Gasteiger partial charge in [0.25, 0.3) is 0 Å². The largest absolute Gasteiger partial charge is 0.348 e. The molecule has 1 fully saturated rings. The summed E-state index contributed by atoms with van der Waals surface area (Å²) < 4.78 is 0. The molecule has 2 amide bonds. The second-order valence-corrected chi connectivity index (χ2v) is 4.42. The van der Waals surface area contributed by atoms with Crippen LogP contribution in [0.3, 0.4) is 0 Å². The first-order valence-electron chi connectivity index (χ1n) is 5.71. The Morgan fingerprint density at radius 2 is 2.25 bits per heavy atom. The lowest BCUT2D eigenvalue weighted by molar-refractivity contribution is -0.384. The number of rotatable bonds is 3. The van der Waals surface area contributed by atoms with Crippen molar-refractivity contribution in [3.63, 3.8) is 0 Å². The predicted molar refractivity (Wildman–Crippen MR) is 68.3 cm³/mol. The fourth-order valence-corrected chi connectivity index (χ4v) is 2.21. The van der Waals surface area contributed by atoms with Crippen molar-refractivity contribution in [2.24, 2.45) is 0 Å². The van der Waals surface area contributed by atoms with E-state index in [9.17, 15) is 19.7 Å². The number of carbonyl (C=O) groups excluding carboxylic acids is 2. The van der Waals surface area contributed by atoms with Crippen molar-refractivity contribution >= 4 is 34.9 Å². The van der Waals surface area contributed by atoms with E-state index in [0.717, 1.165) is 6.33 Å². The van der Waals surface area contributed by atoms with Crippen LogP contribution < -0.4 is 10.2 Å². The number of nitro groups is 1. The highest BCUT2D eigenvalue weighted by Crippen LogP contribution is 2.33. The van der Waals surface area contributed by atoms with Gasteiger partial charge in [-0.2, -0.15) is 0 Å². The van der Waals surface area contributed by atoms with Gasteiger partial charge in [-0.3, -0.25) is 25.0 Å². The first-order valence-corrected chi connectivity index (χ1v) is 6.08. The molecule has 1 saturated heterocycles. The molecular formula is C10H10ClN5O4. The monoisotopic (exact) mass is 299 g/mol. The number of amides is 2. The van der Waals surface area contributed by atoms with E-state index in [4.69, 9.17) is 11.6 Å². The molecule has 2 heterocycles. The number of nitrogens with zero attached hydrogens (tertiary/aromatic N) is 4. The van der Waals surface area contributed by atoms with Gasteiger partial charge >= 0.3 is 5.69 Å². The molecule has 106 valence electrons. The standard InChI is InChI=1S/C10H10ClN5O4/c1-2-5-10(18)14-6(17)3-15(5)9-7(16(19)20)8(11)12-4-13-9/h4-5H,2-3H2,1H3,(H,14,17,18). The number of hydrogen-bond acceptors (Lipinski definition) is 7. The molecule has 1 aromatic heterocycles. The molecule has 1 N–H and O–H groups in total. The molecule has 1 aliphatic heterocycles. The summed E-state index contributed by atoms with van der Waals surface area (Å²) in [4.78, 5) is 42.2. The Morgan fingerprint density at radius 3 is 2.85 bits per heavy atom. The smallest absolute Gasteiger partial charge is 0.329 e. The maximum absolute atomic E-state index is 11.8. The molecule has 0 aliphatic carbocycles. The average molecular weight is 300 g/mol. The number of nitrogens with one attached hydrogen (secondary N) is 1. The summed E-state index contributed by atoms with van der Waals surface area (Å²) in [7, 11) is 0. The van der Waals surface area contributed by atoms with E-state index in [1.807, 2.05) is 0 Å². The maximum Gasteiger partial charge on any atom is 0.348 e. The third-order valence-electron chi connectivity index (χ3n) is 2.86. The molecule has 9 nitrogen and oxygen atoms in total. The van der Waals surface area contributed by atoms with Gasteiger partial charge in [-0.25, -0.2) is 9.97 Å². The zero-order valence-electron chi connectivity index (χ0n) is 10.4. The molecule has 1 unspecified atom stereocenters. The van der Waals surface area contributed by atoms with Gasteiger partial charge in [0.05, 0.1) is 11.5 Å². The Labute approximate surface area is 118 Å². The van der Waals surface area contributed by atoms with Gasteiger partial charge in [-0.1, -0.05) is 18.5 Å². The van der Waals surface area contributed by atoms with E-state index < -0.39 is 28.5 Å². The van der Waals surface area contributed by atoms with Crippen molar-refractivity contribution in [1.82, 2.24) is 15.3 Å². The van der Waals surface area contributed by atoms with Gasteiger partial charge in [0.1, 0.15) is 12.4 Å². The molecule has 10 heteroatoms. The van der Waals surface area contributed by atoms with Crippen LogP contribution in [0, 0.1) is 10.1 Å². The van der Waals surface area contributed by atoms with E-state index in [0.29, 0.717) is 6.42 Å². The zero-order chi connectivity index (χ0) is 14.9. The van der Waals surface area contributed by atoms with Crippen molar-refractivity contribution in [3.8, 4) is 0 Å². The summed E-state index contributed by atoms with van der Waals surface area (Å²) in [5.41, 5.74) is -0.518. The minimum atomic E-state index is -0.735. The van der Waals surface area contributed by atoms with Crippen LogP contribution in [0.4, 0.5) is 11.5 Å². The number of aromatic nitrogens is 2. The second kappa shape index (κ2) is 5.37. The number of imide groups is 1. The molecule has 0 aromatic carbocycles. The molecule has 2 rings (SSSR count). The van der Waals surface area contributed by atoms with E-state index in [1.165, 1.54) is 4.90 Å². The van der Waals surface area contributed by atoms with E-state index in [1.54, 1.807) is 6.92 Å². The predicted octanol–water partition coefficient (Wildman–Crippen LogP) is 0.280. The number of piperazine rings is 1. The molecule has 20 heavy (non-hydrogen) atoms. The van der Waals surface area contributed by atoms with Crippen molar-refractivity contribution in [2.75, 3.05) is 11.4 Å². The van der Waals surface area contributed by atoms with Gasteiger partial charge in [0.15, 0.2) is 0 Å². The van der Waals surface area contributed by atoms with E-state index in [-0.39, 0.29) is 17.5 Å². The third kappa shape index (κ3) is 2.39. The molecule has 0 bridgehead atoms. The van der Waals surface area contributed by atoms with Gasteiger partial charge in [-0.15, -0.1) is 0 Å². The maximum atomic E-state index is 11.8. The molecular weight excluding hydrogens is 290 g/mol. The summed E-state index contributed by atoms with van der Waals surface area (Å²) >= 11 is 5.70. The molecule has 1 aromatic rings. The van der Waals surface area contributed by atoms with Crippen molar-refractivity contribution in [2.45, 2.75) is 19.4 Å². The van der Waals surface area contributed by atoms with Crippen molar-refractivity contribution in [3.05, 3.63) is 21.6 Å². The number of hydrogen-bond donors (Lipinski definition) is 1. The average Bonchev–Trinajstić information content (AvgIpc) is 2.37. The highest BCUT2D eigenvalue weighted by molar-refractivity contribution is 6.32. The molecule has 0 saturated carbocycles. The minimum Gasteiger partial charge on any atom is -0.329 e.